The van der Waals surface area contributed by atoms with Gasteiger partial charge in [0.15, 0.2) is 0 Å². The Hall–Kier alpha value is -2.69. The van der Waals surface area contributed by atoms with E-state index in [-0.39, 0.29) is 36.1 Å². The quantitative estimate of drug-likeness (QED) is 0.853. The third kappa shape index (κ3) is 5.15. The number of nitrogens with zero attached hydrogens (tertiary/aromatic N) is 1. The number of nitrogens with one attached hydrogen (secondary N) is 1. The SMILES string of the molecule is CC(=O)N[C@@H](CC(=O)N(C)[C@H](C)c1ccc(F)cc1)c1ccc(C)cc1. The van der Waals surface area contributed by atoms with E-state index in [0.29, 0.717) is 0 Å². The second-order valence-corrected chi connectivity index (χ2v) is 6.60. The maximum Gasteiger partial charge on any atom is 0.225 e. The van der Waals surface area contributed by atoms with E-state index >= 15 is 0 Å². The van der Waals surface area contributed by atoms with E-state index < -0.39 is 0 Å². The van der Waals surface area contributed by atoms with Gasteiger partial charge in [-0.05, 0) is 37.1 Å². The fourth-order valence-electron chi connectivity index (χ4n) is 2.80. The van der Waals surface area contributed by atoms with Crippen LogP contribution in [0.3, 0.4) is 0 Å². The van der Waals surface area contributed by atoms with Crippen LogP contribution in [0.15, 0.2) is 48.5 Å². The van der Waals surface area contributed by atoms with Crippen LogP contribution >= 0.6 is 0 Å². The molecule has 0 saturated heterocycles. The van der Waals surface area contributed by atoms with Crippen LogP contribution < -0.4 is 5.32 Å². The van der Waals surface area contributed by atoms with Crippen molar-refractivity contribution in [3.05, 3.63) is 71.0 Å². The molecule has 0 spiro atoms. The van der Waals surface area contributed by atoms with Crippen molar-refractivity contribution >= 4 is 11.8 Å². The summed E-state index contributed by atoms with van der Waals surface area (Å²) in [5, 5.41) is 2.85. The van der Waals surface area contributed by atoms with Gasteiger partial charge >= 0.3 is 0 Å². The topological polar surface area (TPSA) is 49.4 Å². The molecule has 0 aromatic heterocycles. The van der Waals surface area contributed by atoms with Crippen LogP contribution in [0, 0.1) is 12.7 Å². The van der Waals surface area contributed by atoms with E-state index in [4.69, 9.17) is 0 Å². The first-order chi connectivity index (χ1) is 12.3. The number of aryl methyl sites for hydroxylation is 1. The molecule has 0 aliphatic rings. The van der Waals surface area contributed by atoms with E-state index in [1.54, 1.807) is 24.1 Å². The average molecular weight is 356 g/mol. The third-order valence-electron chi connectivity index (χ3n) is 4.56. The van der Waals surface area contributed by atoms with Crippen molar-refractivity contribution in [2.45, 2.75) is 39.3 Å². The second kappa shape index (κ2) is 8.61. The number of hydrogen-bond acceptors (Lipinski definition) is 2. The van der Waals surface area contributed by atoms with Gasteiger partial charge in [0.2, 0.25) is 11.8 Å². The summed E-state index contributed by atoms with van der Waals surface area (Å²) >= 11 is 0. The predicted octanol–water partition coefficient (Wildman–Crippen LogP) is 3.92. The van der Waals surface area contributed by atoms with Crippen molar-refractivity contribution in [3.63, 3.8) is 0 Å². The average Bonchev–Trinajstić information content (AvgIpc) is 2.60. The van der Waals surface area contributed by atoms with Gasteiger partial charge in [0.05, 0.1) is 18.5 Å². The summed E-state index contributed by atoms with van der Waals surface area (Å²) in [6, 6.07) is 13.3. The number of carbonyl (C=O) groups excluding carboxylic acids is 2. The number of rotatable bonds is 6. The van der Waals surface area contributed by atoms with Crippen LogP contribution in [0.4, 0.5) is 4.39 Å². The molecule has 1 N–H and O–H groups in total. The molecule has 0 unspecified atom stereocenters. The molecule has 0 aliphatic heterocycles. The van der Waals surface area contributed by atoms with Gasteiger partial charge in [0.25, 0.3) is 0 Å². The molecular weight excluding hydrogens is 331 g/mol. The molecule has 5 heteroatoms. The molecule has 0 fully saturated rings. The Morgan fingerprint density at radius 3 is 2.12 bits per heavy atom. The lowest BCUT2D eigenvalue weighted by molar-refractivity contribution is -0.132. The van der Waals surface area contributed by atoms with Crippen LogP contribution in [-0.2, 0) is 9.59 Å². The lowest BCUT2D eigenvalue weighted by atomic mass is 10.0. The van der Waals surface area contributed by atoms with Crippen molar-refractivity contribution in [1.29, 1.82) is 0 Å². The highest BCUT2D eigenvalue weighted by molar-refractivity contribution is 5.79. The van der Waals surface area contributed by atoms with Crippen LogP contribution in [0.2, 0.25) is 0 Å². The Kier molecular flexibility index (Phi) is 6.50. The van der Waals surface area contributed by atoms with Crippen molar-refractivity contribution in [3.8, 4) is 0 Å². The highest BCUT2D eigenvalue weighted by Crippen LogP contribution is 2.23. The summed E-state index contributed by atoms with van der Waals surface area (Å²) in [5.41, 5.74) is 2.86. The number of halogens is 1. The largest absolute Gasteiger partial charge is 0.349 e. The van der Waals surface area contributed by atoms with Gasteiger partial charge in [0.1, 0.15) is 5.82 Å². The third-order valence-corrected chi connectivity index (χ3v) is 4.56. The molecule has 0 radical (unpaired) electrons. The van der Waals surface area contributed by atoms with Crippen LogP contribution in [0.5, 0.6) is 0 Å². The number of hydrogen-bond donors (Lipinski definition) is 1. The molecule has 2 atom stereocenters. The molecule has 2 rings (SSSR count). The minimum atomic E-state index is -0.386. The molecule has 0 aliphatic carbocycles. The Balaban J connectivity index is 2.13. The summed E-state index contributed by atoms with van der Waals surface area (Å²) < 4.78 is 13.1. The lowest BCUT2D eigenvalue weighted by Crippen LogP contribution is -2.35. The normalized spacial score (nSPS) is 13.0. The Bertz CT molecular complexity index is 757. The number of carbonyl (C=O) groups is 2. The van der Waals surface area contributed by atoms with E-state index in [1.807, 2.05) is 38.1 Å². The lowest BCUT2D eigenvalue weighted by Gasteiger charge is -2.28. The minimum absolute atomic E-state index is 0.0962. The predicted molar refractivity (Wildman–Crippen MR) is 99.9 cm³/mol. The zero-order valence-electron chi connectivity index (χ0n) is 15.6. The first-order valence-corrected chi connectivity index (χ1v) is 8.62. The van der Waals surface area contributed by atoms with Crippen molar-refractivity contribution in [1.82, 2.24) is 10.2 Å². The minimum Gasteiger partial charge on any atom is -0.349 e. The molecule has 0 saturated carbocycles. The van der Waals surface area contributed by atoms with Crippen molar-refractivity contribution in [2.24, 2.45) is 0 Å². The van der Waals surface area contributed by atoms with E-state index in [1.165, 1.54) is 19.1 Å². The molecule has 2 amide bonds. The number of amides is 2. The Morgan fingerprint density at radius 2 is 1.58 bits per heavy atom. The molecule has 138 valence electrons. The van der Waals surface area contributed by atoms with Gasteiger partial charge in [-0.2, -0.15) is 0 Å². The zero-order valence-corrected chi connectivity index (χ0v) is 15.6. The molecule has 4 nitrogen and oxygen atoms in total. The maximum absolute atomic E-state index is 13.1. The van der Waals surface area contributed by atoms with Crippen LogP contribution in [0.1, 0.15) is 49.0 Å². The molecule has 2 aromatic carbocycles. The maximum atomic E-state index is 13.1. The van der Waals surface area contributed by atoms with Crippen LogP contribution in [-0.4, -0.2) is 23.8 Å². The van der Waals surface area contributed by atoms with Gasteiger partial charge in [-0.25, -0.2) is 4.39 Å². The monoisotopic (exact) mass is 356 g/mol. The summed E-state index contributed by atoms with van der Waals surface area (Å²) in [6.07, 6.45) is 0.157. The molecule has 26 heavy (non-hydrogen) atoms. The highest BCUT2D eigenvalue weighted by Gasteiger charge is 2.23. The Morgan fingerprint density at radius 1 is 1.04 bits per heavy atom. The van der Waals surface area contributed by atoms with Gasteiger partial charge in [-0.15, -0.1) is 0 Å². The zero-order chi connectivity index (χ0) is 19.3. The van der Waals surface area contributed by atoms with Gasteiger partial charge in [0, 0.05) is 14.0 Å². The fraction of sp³-hybridized carbons (Fsp3) is 0.333. The van der Waals surface area contributed by atoms with Gasteiger partial charge < -0.3 is 10.2 Å². The van der Waals surface area contributed by atoms with Crippen LogP contribution in [0.25, 0.3) is 0 Å². The first kappa shape index (κ1) is 19.6. The van der Waals surface area contributed by atoms with Gasteiger partial charge in [-0.3, -0.25) is 9.59 Å². The molecule has 0 bridgehead atoms. The fourth-order valence-corrected chi connectivity index (χ4v) is 2.80. The second-order valence-electron chi connectivity index (χ2n) is 6.60. The van der Waals surface area contributed by atoms with Gasteiger partial charge in [-0.1, -0.05) is 42.0 Å². The smallest absolute Gasteiger partial charge is 0.225 e. The van der Waals surface area contributed by atoms with E-state index in [2.05, 4.69) is 5.32 Å². The summed E-state index contributed by atoms with van der Waals surface area (Å²) in [7, 11) is 1.72. The highest BCUT2D eigenvalue weighted by atomic mass is 19.1. The Labute approximate surface area is 154 Å². The standard InChI is InChI=1S/C21H25FN2O2/c1-14-5-7-18(8-6-14)20(23-16(3)25)13-21(26)24(4)15(2)17-9-11-19(22)12-10-17/h5-12,15,20H,13H2,1-4H3,(H,23,25)/t15-,20+/m1/s1. The van der Waals surface area contributed by atoms with Crippen molar-refractivity contribution in [2.75, 3.05) is 7.05 Å². The first-order valence-electron chi connectivity index (χ1n) is 8.62. The summed E-state index contributed by atoms with van der Waals surface area (Å²) in [6.45, 7) is 5.32. The van der Waals surface area contributed by atoms with Crippen molar-refractivity contribution < 1.29 is 14.0 Å². The molecule has 0 heterocycles. The van der Waals surface area contributed by atoms with E-state index in [9.17, 15) is 14.0 Å². The molecule has 2 aromatic rings. The molecular formula is C21H25FN2O2. The summed E-state index contributed by atoms with van der Waals surface area (Å²) in [4.78, 5) is 25.9. The number of benzene rings is 2. The summed E-state index contributed by atoms with van der Waals surface area (Å²) in [5.74, 6) is -0.584. The van der Waals surface area contributed by atoms with E-state index in [0.717, 1.165) is 16.7 Å².